The van der Waals surface area contributed by atoms with Gasteiger partial charge in [-0.1, -0.05) is 31.4 Å². The van der Waals surface area contributed by atoms with Gasteiger partial charge in [-0.3, -0.25) is 0 Å². The number of urea groups is 1. The molecule has 0 radical (unpaired) electrons. The number of rotatable bonds is 6. The number of benzene rings is 1. The van der Waals surface area contributed by atoms with Crippen LogP contribution in [-0.4, -0.2) is 42.8 Å². The van der Waals surface area contributed by atoms with Crippen molar-refractivity contribution in [3.05, 3.63) is 29.8 Å². The molecule has 5 nitrogen and oxygen atoms in total. The maximum atomic E-state index is 12.6. The molecule has 1 heterocycles. The Balaban J connectivity index is 1.50. The number of hydrogen-bond acceptors (Lipinski definition) is 3. The van der Waals surface area contributed by atoms with Gasteiger partial charge >= 0.3 is 6.03 Å². The lowest BCUT2D eigenvalue weighted by molar-refractivity contribution is 0.0169. The average molecular weight is 360 g/mol. The lowest BCUT2D eigenvalue weighted by atomic mass is 9.98. The zero-order valence-corrected chi connectivity index (χ0v) is 15.9. The molecule has 5 heteroatoms. The van der Waals surface area contributed by atoms with Gasteiger partial charge in [-0.25, -0.2) is 4.79 Å². The van der Waals surface area contributed by atoms with Gasteiger partial charge in [-0.05, 0) is 50.3 Å². The second-order valence-electron chi connectivity index (χ2n) is 7.37. The zero-order chi connectivity index (χ0) is 18.2. The van der Waals surface area contributed by atoms with Crippen molar-refractivity contribution in [3.8, 4) is 0 Å². The number of amides is 2. The van der Waals surface area contributed by atoms with Crippen molar-refractivity contribution in [1.29, 1.82) is 0 Å². The van der Waals surface area contributed by atoms with Gasteiger partial charge in [0.05, 0.1) is 18.8 Å². The lowest BCUT2D eigenvalue weighted by Gasteiger charge is -2.32. The van der Waals surface area contributed by atoms with Crippen LogP contribution < -0.4 is 5.32 Å². The molecule has 3 rings (SSSR count). The van der Waals surface area contributed by atoms with Crippen molar-refractivity contribution in [2.24, 2.45) is 0 Å². The Kier molecular flexibility index (Phi) is 7.32. The van der Waals surface area contributed by atoms with E-state index in [0.717, 1.165) is 30.6 Å². The summed E-state index contributed by atoms with van der Waals surface area (Å²) in [6.45, 7) is 4.78. The number of nitrogens with one attached hydrogen (secondary N) is 1. The fraction of sp³-hybridized carbons (Fsp3) is 0.667. The molecular formula is C21H32N2O3. The van der Waals surface area contributed by atoms with E-state index in [0.29, 0.717) is 25.9 Å². The summed E-state index contributed by atoms with van der Waals surface area (Å²) in [6.07, 6.45) is 8.82. The normalized spacial score (nSPS) is 21.6. The summed E-state index contributed by atoms with van der Waals surface area (Å²) in [5.74, 6) is 0. The predicted molar refractivity (Wildman–Crippen MR) is 103 cm³/mol. The van der Waals surface area contributed by atoms with Crippen LogP contribution in [-0.2, 0) is 16.1 Å². The molecule has 2 amide bonds. The van der Waals surface area contributed by atoms with E-state index >= 15 is 0 Å². The minimum atomic E-state index is -0.0419. The van der Waals surface area contributed by atoms with Gasteiger partial charge < -0.3 is 19.7 Å². The second-order valence-corrected chi connectivity index (χ2v) is 7.37. The summed E-state index contributed by atoms with van der Waals surface area (Å²) in [4.78, 5) is 14.4. The third-order valence-electron chi connectivity index (χ3n) is 5.28. The van der Waals surface area contributed by atoms with Crippen molar-refractivity contribution < 1.29 is 14.3 Å². The molecule has 1 unspecified atom stereocenters. The van der Waals surface area contributed by atoms with Crippen LogP contribution in [0.15, 0.2) is 24.3 Å². The highest BCUT2D eigenvalue weighted by molar-refractivity contribution is 5.89. The van der Waals surface area contributed by atoms with E-state index in [4.69, 9.17) is 9.47 Å². The summed E-state index contributed by atoms with van der Waals surface area (Å²) in [6, 6.07) is 7.95. The number of anilines is 1. The number of nitrogens with zero attached hydrogens (tertiary/aromatic N) is 1. The number of likely N-dealkylation sites (tertiary alicyclic amines) is 1. The van der Waals surface area contributed by atoms with Crippen LogP contribution in [0.4, 0.5) is 10.5 Å². The first kappa shape index (κ1) is 19.2. The van der Waals surface area contributed by atoms with Crippen molar-refractivity contribution in [3.63, 3.8) is 0 Å². The van der Waals surface area contributed by atoms with E-state index in [9.17, 15) is 4.79 Å². The summed E-state index contributed by atoms with van der Waals surface area (Å²) < 4.78 is 11.7. The molecule has 1 aliphatic heterocycles. The smallest absolute Gasteiger partial charge is 0.321 e. The number of hydrogen-bond donors (Lipinski definition) is 1. The maximum Gasteiger partial charge on any atom is 0.321 e. The molecule has 0 spiro atoms. The minimum Gasteiger partial charge on any atom is -0.377 e. The largest absolute Gasteiger partial charge is 0.377 e. The summed E-state index contributed by atoms with van der Waals surface area (Å²) in [7, 11) is 0. The highest BCUT2D eigenvalue weighted by Crippen LogP contribution is 2.22. The Bertz CT molecular complexity index is 570. The van der Waals surface area contributed by atoms with E-state index in [1.165, 1.54) is 32.1 Å². The molecule has 1 aliphatic carbocycles. The molecule has 1 aromatic rings. The zero-order valence-electron chi connectivity index (χ0n) is 15.9. The van der Waals surface area contributed by atoms with Crippen molar-refractivity contribution in [2.45, 2.75) is 70.7 Å². The molecule has 2 fully saturated rings. The maximum absolute atomic E-state index is 12.6. The first-order chi connectivity index (χ1) is 12.7. The molecule has 1 saturated heterocycles. The molecule has 0 aromatic heterocycles. The Hall–Kier alpha value is -1.59. The third-order valence-corrected chi connectivity index (χ3v) is 5.28. The number of carbonyl (C=O) groups excluding carboxylic acids is 1. The summed E-state index contributed by atoms with van der Waals surface area (Å²) >= 11 is 0. The molecule has 2 aliphatic rings. The van der Waals surface area contributed by atoms with Crippen LogP contribution in [0.25, 0.3) is 0 Å². The molecular weight excluding hydrogens is 328 g/mol. The van der Waals surface area contributed by atoms with E-state index < -0.39 is 0 Å². The molecule has 1 saturated carbocycles. The highest BCUT2D eigenvalue weighted by atomic mass is 16.5. The van der Waals surface area contributed by atoms with E-state index in [-0.39, 0.29) is 12.1 Å². The highest BCUT2D eigenvalue weighted by Gasteiger charge is 2.24. The van der Waals surface area contributed by atoms with Gasteiger partial charge in [0.1, 0.15) is 0 Å². The van der Waals surface area contributed by atoms with Crippen LogP contribution in [0.1, 0.15) is 57.4 Å². The topological polar surface area (TPSA) is 50.8 Å². The molecule has 1 N–H and O–H groups in total. The Morgan fingerprint density at radius 2 is 1.92 bits per heavy atom. The Morgan fingerprint density at radius 1 is 1.12 bits per heavy atom. The van der Waals surface area contributed by atoms with E-state index in [1.54, 1.807) is 0 Å². The van der Waals surface area contributed by atoms with Gasteiger partial charge in [0, 0.05) is 25.4 Å². The van der Waals surface area contributed by atoms with Crippen LogP contribution in [0, 0.1) is 0 Å². The summed E-state index contributed by atoms with van der Waals surface area (Å²) in [5.41, 5.74) is 1.94. The Labute approximate surface area is 157 Å². The number of ether oxygens (including phenoxy) is 2. The number of piperidine rings is 1. The quantitative estimate of drug-likeness (QED) is 0.808. The Morgan fingerprint density at radius 3 is 2.73 bits per heavy atom. The average Bonchev–Trinajstić information content (AvgIpc) is 2.68. The van der Waals surface area contributed by atoms with Crippen LogP contribution in [0.2, 0.25) is 0 Å². The predicted octanol–water partition coefficient (Wildman–Crippen LogP) is 4.57. The van der Waals surface area contributed by atoms with Crippen molar-refractivity contribution in [2.75, 3.05) is 25.0 Å². The first-order valence-electron chi connectivity index (χ1n) is 10.1. The van der Waals surface area contributed by atoms with Crippen LogP contribution in [0.5, 0.6) is 0 Å². The lowest BCUT2D eigenvalue weighted by Crippen LogP contribution is -2.45. The van der Waals surface area contributed by atoms with Gasteiger partial charge in [0.15, 0.2) is 0 Å². The minimum absolute atomic E-state index is 0.0419. The molecule has 144 valence electrons. The van der Waals surface area contributed by atoms with Gasteiger partial charge in [0.2, 0.25) is 0 Å². The number of carbonyl (C=O) groups is 1. The van der Waals surface area contributed by atoms with E-state index in [2.05, 4.69) is 11.4 Å². The van der Waals surface area contributed by atoms with Crippen molar-refractivity contribution in [1.82, 2.24) is 4.90 Å². The SMILES string of the molecule is CCOC1CCCN(C(=O)Nc2cccc(COC3CCCCC3)c2)C1. The van der Waals surface area contributed by atoms with Gasteiger partial charge in [-0.15, -0.1) is 0 Å². The van der Waals surface area contributed by atoms with Crippen molar-refractivity contribution >= 4 is 11.7 Å². The standard InChI is InChI=1S/C21H32N2O3/c1-2-25-20-12-7-13-23(15-20)21(24)22-18-9-6-8-17(14-18)16-26-19-10-4-3-5-11-19/h6,8-9,14,19-20H,2-5,7,10-13,15-16H2,1H3,(H,22,24). The monoisotopic (exact) mass is 360 g/mol. The van der Waals surface area contributed by atoms with Crippen LogP contribution in [0.3, 0.4) is 0 Å². The molecule has 1 aromatic carbocycles. The fourth-order valence-corrected chi connectivity index (χ4v) is 3.88. The molecule has 0 bridgehead atoms. The second kappa shape index (κ2) is 9.93. The molecule has 26 heavy (non-hydrogen) atoms. The van der Waals surface area contributed by atoms with Gasteiger partial charge in [-0.2, -0.15) is 0 Å². The van der Waals surface area contributed by atoms with E-state index in [1.807, 2.05) is 30.0 Å². The first-order valence-corrected chi connectivity index (χ1v) is 10.1. The fourth-order valence-electron chi connectivity index (χ4n) is 3.88. The van der Waals surface area contributed by atoms with Crippen LogP contribution >= 0.6 is 0 Å². The third kappa shape index (κ3) is 5.71. The summed E-state index contributed by atoms with van der Waals surface area (Å²) in [5, 5.41) is 3.03. The van der Waals surface area contributed by atoms with Gasteiger partial charge in [0.25, 0.3) is 0 Å². The molecule has 1 atom stereocenters.